The molecule has 2 aromatic rings. The molecule has 0 amide bonds. The normalized spacial score (nSPS) is 11.2. The Balaban J connectivity index is 2.60. The second-order valence-electron chi connectivity index (χ2n) is 3.47. The van der Waals surface area contributed by atoms with Gasteiger partial charge in [-0.1, -0.05) is 6.08 Å². The second-order valence-corrected chi connectivity index (χ2v) is 3.47. The van der Waals surface area contributed by atoms with Crippen molar-refractivity contribution in [2.75, 3.05) is 13.7 Å². The summed E-state index contributed by atoms with van der Waals surface area (Å²) in [5.74, 6) is 0.638. The quantitative estimate of drug-likeness (QED) is 0.876. The van der Waals surface area contributed by atoms with Crippen LogP contribution in [0.1, 0.15) is 5.56 Å². The van der Waals surface area contributed by atoms with Gasteiger partial charge in [-0.05, 0) is 18.2 Å². The Morgan fingerprint density at radius 2 is 2.29 bits per heavy atom. The number of aliphatic hydroxyl groups is 1. The van der Waals surface area contributed by atoms with E-state index in [1.54, 1.807) is 25.3 Å². The minimum Gasteiger partial charge on any atom is -0.497 e. The fourth-order valence-electron chi connectivity index (χ4n) is 1.55. The van der Waals surface area contributed by atoms with Gasteiger partial charge in [0.2, 0.25) is 0 Å². The number of benzene rings is 1. The molecule has 0 saturated heterocycles. The summed E-state index contributed by atoms with van der Waals surface area (Å²) in [6.07, 6.45) is 4.40. The highest BCUT2D eigenvalue weighted by Gasteiger charge is 2.05. The Morgan fingerprint density at radius 1 is 1.47 bits per heavy atom. The van der Waals surface area contributed by atoms with Crippen LogP contribution in [0, 0.1) is 0 Å². The molecular formula is C13H12O4. The lowest BCUT2D eigenvalue weighted by Gasteiger charge is -2.01. The van der Waals surface area contributed by atoms with E-state index in [0.717, 1.165) is 0 Å². The Hall–Kier alpha value is -2.07. The highest BCUT2D eigenvalue weighted by molar-refractivity contribution is 5.79. The number of ether oxygens (including phenoxy) is 1. The molecule has 0 aliphatic carbocycles. The summed E-state index contributed by atoms with van der Waals surface area (Å²) in [6, 6.07) is 5.03. The topological polar surface area (TPSA) is 59.7 Å². The van der Waals surface area contributed by atoms with Gasteiger partial charge in [-0.25, -0.2) is 0 Å². The van der Waals surface area contributed by atoms with E-state index in [-0.39, 0.29) is 12.0 Å². The molecule has 0 saturated carbocycles. The number of rotatable bonds is 3. The smallest absolute Gasteiger partial charge is 0.199 e. The fraction of sp³-hybridized carbons (Fsp3) is 0.154. The van der Waals surface area contributed by atoms with Crippen molar-refractivity contribution in [1.29, 1.82) is 0 Å². The van der Waals surface area contributed by atoms with Gasteiger partial charge in [-0.2, -0.15) is 0 Å². The van der Waals surface area contributed by atoms with Crippen LogP contribution >= 0.6 is 0 Å². The summed E-state index contributed by atoms with van der Waals surface area (Å²) in [4.78, 5) is 12.0. The van der Waals surface area contributed by atoms with Crippen LogP contribution in [0.15, 0.2) is 39.7 Å². The minimum absolute atomic E-state index is 0.111. The molecule has 88 valence electrons. The van der Waals surface area contributed by atoms with Gasteiger partial charge in [0, 0.05) is 6.07 Å². The molecule has 1 N–H and O–H groups in total. The summed E-state index contributed by atoms with van der Waals surface area (Å²) < 4.78 is 10.4. The van der Waals surface area contributed by atoms with E-state index in [4.69, 9.17) is 14.3 Å². The summed E-state index contributed by atoms with van der Waals surface area (Å²) >= 11 is 0. The van der Waals surface area contributed by atoms with Gasteiger partial charge in [-0.15, -0.1) is 0 Å². The summed E-state index contributed by atoms with van der Waals surface area (Å²) in [5, 5.41) is 9.16. The molecule has 0 spiro atoms. The average molecular weight is 232 g/mol. The maximum Gasteiger partial charge on any atom is 0.199 e. The second kappa shape index (κ2) is 4.84. The van der Waals surface area contributed by atoms with Gasteiger partial charge in [-0.3, -0.25) is 4.79 Å². The lowest BCUT2D eigenvalue weighted by Crippen LogP contribution is -2.04. The number of hydrogen-bond donors (Lipinski definition) is 1. The summed E-state index contributed by atoms with van der Waals surface area (Å²) in [6.45, 7) is -0.111. The van der Waals surface area contributed by atoms with Crippen LogP contribution in [-0.4, -0.2) is 18.8 Å². The zero-order valence-electron chi connectivity index (χ0n) is 9.34. The number of aliphatic hydroxyl groups excluding tert-OH is 1. The maximum absolute atomic E-state index is 12.0. The van der Waals surface area contributed by atoms with Crippen molar-refractivity contribution in [2.24, 2.45) is 0 Å². The standard InChI is InChI=1S/C13H12O4/c1-16-10-4-5-11-12(7-10)17-8-9(13(11)15)3-2-6-14/h2-5,7-8,14H,6H2,1H3/b3-2+. The van der Waals surface area contributed by atoms with Crippen LogP contribution < -0.4 is 10.2 Å². The van der Waals surface area contributed by atoms with E-state index in [0.29, 0.717) is 22.3 Å². The molecule has 0 atom stereocenters. The van der Waals surface area contributed by atoms with Crippen LogP contribution in [0.5, 0.6) is 5.75 Å². The van der Waals surface area contributed by atoms with Gasteiger partial charge >= 0.3 is 0 Å². The van der Waals surface area contributed by atoms with Crippen molar-refractivity contribution in [3.05, 3.63) is 46.3 Å². The molecule has 2 rings (SSSR count). The first-order valence-corrected chi connectivity index (χ1v) is 5.13. The highest BCUT2D eigenvalue weighted by atomic mass is 16.5. The highest BCUT2D eigenvalue weighted by Crippen LogP contribution is 2.18. The molecule has 0 aliphatic rings. The molecule has 1 aromatic carbocycles. The van der Waals surface area contributed by atoms with Gasteiger partial charge in [0.1, 0.15) is 17.6 Å². The first-order valence-electron chi connectivity index (χ1n) is 5.13. The van der Waals surface area contributed by atoms with Crippen molar-refractivity contribution < 1.29 is 14.3 Å². The molecule has 4 heteroatoms. The molecule has 4 nitrogen and oxygen atoms in total. The third kappa shape index (κ3) is 2.21. The Morgan fingerprint density at radius 3 is 3.00 bits per heavy atom. The molecule has 1 heterocycles. The van der Waals surface area contributed by atoms with Gasteiger partial charge in [0.05, 0.1) is 24.7 Å². The van der Waals surface area contributed by atoms with E-state index < -0.39 is 0 Å². The molecular weight excluding hydrogens is 220 g/mol. The molecule has 1 aromatic heterocycles. The van der Waals surface area contributed by atoms with Gasteiger partial charge < -0.3 is 14.3 Å². The first kappa shape index (κ1) is 11.4. The van der Waals surface area contributed by atoms with Crippen molar-refractivity contribution in [3.8, 4) is 5.75 Å². The molecule has 0 bridgehead atoms. The fourth-order valence-corrected chi connectivity index (χ4v) is 1.55. The molecule has 0 fully saturated rings. The largest absolute Gasteiger partial charge is 0.497 e. The van der Waals surface area contributed by atoms with Crippen molar-refractivity contribution in [1.82, 2.24) is 0 Å². The zero-order valence-corrected chi connectivity index (χ0v) is 9.34. The van der Waals surface area contributed by atoms with E-state index in [1.807, 2.05) is 0 Å². The Kier molecular flexibility index (Phi) is 3.25. The van der Waals surface area contributed by atoms with Gasteiger partial charge in [0.15, 0.2) is 5.43 Å². The Bertz CT molecular complexity index is 610. The van der Waals surface area contributed by atoms with Gasteiger partial charge in [0.25, 0.3) is 0 Å². The Labute approximate surface area is 97.8 Å². The molecule has 0 unspecified atom stereocenters. The third-order valence-corrected chi connectivity index (χ3v) is 2.41. The van der Waals surface area contributed by atoms with Crippen molar-refractivity contribution >= 4 is 17.0 Å². The van der Waals surface area contributed by atoms with Crippen LogP contribution in [-0.2, 0) is 0 Å². The van der Waals surface area contributed by atoms with Crippen LogP contribution in [0.3, 0.4) is 0 Å². The lowest BCUT2D eigenvalue weighted by molar-refractivity contribution is 0.343. The predicted molar refractivity (Wildman–Crippen MR) is 65.2 cm³/mol. The van der Waals surface area contributed by atoms with Crippen LogP contribution in [0.4, 0.5) is 0 Å². The van der Waals surface area contributed by atoms with E-state index in [2.05, 4.69) is 0 Å². The maximum atomic E-state index is 12.0. The third-order valence-electron chi connectivity index (χ3n) is 2.41. The predicted octanol–water partition coefficient (Wildman–Crippen LogP) is 1.81. The zero-order chi connectivity index (χ0) is 12.3. The van der Waals surface area contributed by atoms with E-state index in [9.17, 15) is 4.79 Å². The first-order chi connectivity index (χ1) is 8.26. The molecule has 0 aliphatic heterocycles. The molecule has 0 radical (unpaired) electrons. The van der Waals surface area contributed by atoms with Crippen LogP contribution in [0.2, 0.25) is 0 Å². The summed E-state index contributed by atoms with van der Waals surface area (Å²) in [5.41, 5.74) is 0.769. The SMILES string of the molecule is COc1ccc2c(=O)c(/C=C/CO)coc2c1. The number of hydrogen-bond acceptors (Lipinski definition) is 4. The van der Waals surface area contributed by atoms with Crippen molar-refractivity contribution in [3.63, 3.8) is 0 Å². The van der Waals surface area contributed by atoms with E-state index in [1.165, 1.54) is 18.4 Å². The lowest BCUT2D eigenvalue weighted by atomic mass is 10.1. The van der Waals surface area contributed by atoms with E-state index >= 15 is 0 Å². The van der Waals surface area contributed by atoms with Crippen LogP contribution in [0.25, 0.3) is 17.0 Å². The monoisotopic (exact) mass is 232 g/mol. The number of methoxy groups -OCH3 is 1. The minimum atomic E-state index is -0.126. The molecule has 17 heavy (non-hydrogen) atoms. The van der Waals surface area contributed by atoms with Crippen molar-refractivity contribution in [2.45, 2.75) is 0 Å². The number of fused-ring (bicyclic) bond motifs is 1. The summed E-state index contributed by atoms with van der Waals surface area (Å²) in [7, 11) is 1.55. The average Bonchev–Trinajstić information content (AvgIpc) is 2.37.